The number of amides is 1. The normalized spacial score (nSPS) is 22.2. The van der Waals surface area contributed by atoms with Gasteiger partial charge in [0, 0.05) is 16.3 Å². The molecule has 0 radical (unpaired) electrons. The van der Waals surface area contributed by atoms with E-state index in [9.17, 15) is 4.79 Å². The van der Waals surface area contributed by atoms with Gasteiger partial charge >= 0.3 is 0 Å². The molecule has 0 saturated carbocycles. The average molecular weight is 327 g/mol. The van der Waals surface area contributed by atoms with Gasteiger partial charge in [-0.1, -0.05) is 13.3 Å². The highest BCUT2D eigenvalue weighted by molar-refractivity contribution is 7.98. The van der Waals surface area contributed by atoms with E-state index in [1.165, 1.54) is 21.9 Å². The van der Waals surface area contributed by atoms with Crippen molar-refractivity contribution in [1.29, 1.82) is 0 Å². The summed E-state index contributed by atoms with van der Waals surface area (Å²) in [6.07, 6.45) is 6.47. The van der Waals surface area contributed by atoms with E-state index in [1.54, 1.807) is 11.3 Å². The number of unbranched alkanes of at least 4 members (excludes halogenated alkanes) is 1. The molecule has 1 amide bonds. The molecule has 2 heterocycles. The molecule has 3 nitrogen and oxygen atoms in total. The van der Waals surface area contributed by atoms with Crippen LogP contribution in [-0.2, 0) is 4.79 Å². The maximum absolute atomic E-state index is 12.6. The Hall–Kier alpha value is -0.520. The number of nitrogens with one attached hydrogen (secondary N) is 1. The molecule has 2 atom stereocenters. The van der Waals surface area contributed by atoms with Gasteiger partial charge in [-0.05, 0) is 50.3 Å². The van der Waals surface area contributed by atoms with Crippen LogP contribution in [-0.4, -0.2) is 35.4 Å². The minimum absolute atomic E-state index is 0.00274. The molecule has 1 saturated heterocycles. The van der Waals surface area contributed by atoms with Crippen LogP contribution in [0.25, 0.3) is 0 Å². The first kappa shape index (κ1) is 16.8. The van der Waals surface area contributed by atoms with Gasteiger partial charge in [-0.15, -0.1) is 11.3 Å². The standard InChI is InChI=1S/C16H26N2OS2/c1-4-7-13-16(19)18(10-5-6-11-20-3)15(17-13)14-9-8-12(2)21-14/h8-9,13,15,17H,4-7,10-11H2,1-3H3. The van der Waals surface area contributed by atoms with Crippen LogP contribution in [0.5, 0.6) is 0 Å². The van der Waals surface area contributed by atoms with Crippen molar-refractivity contribution in [2.45, 2.75) is 51.7 Å². The highest BCUT2D eigenvalue weighted by Gasteiger charge is 2.39. The van der Waals surface area contributed by atoms with Crippen LogP contribution in [0.4, 0.5) is 0 Å². The van der Waals surface area contributed by atoms with E-state index < -0.39 is 0 Å². The summed E-state index contributed by atoms with van der Waals surface area (Å²) in [5.74, 6) is 1.47. The number of hydrogen-bond acceptors (Lipinski definition) is 4. The number of thioether (sulfide) groups is 1. The van der Waals surface area contributed by atoms with Crippen molar-refractivity contribution in [2.24, 2.45) is 0 Å². The first-order valence-corrected chi connectivity index (χ1v) is 10.00. The van der Waals surface area contributed by atoms with Crippen LogP contribution < -0.4 is 5.32 Å². The van der Waals surface area contributed by atoms with Crippen LogP contribution in [0.2, 0.25) is 0 Å². The molecule has 0 aliphatic carbocycles. The third-order valence-electron chi connectivity index (χ3n) is 3.86. The second-order valence-corrected chi connectivity index (χ2v) is 7.90. The second-order valence-electron chi connectivity index (χ2n) is 5.59. The highest BCUT2D eigenvalue weighted by atomic mass is 32.2. The zero-order valence-corrected chi connectivity index (χ0v) is 14.9. The minimum atomic E-state index is 0.00274. The van der Waals surface area contributed by atoms with Gasteiger partial charge in [0.15, 0.2) is 0 Å². The molecule has 0 bridgehead atoms. The van der Waals surface area contributed by atoms with E-state index in [4.69, 9.17) is 0 Å². The van der Waals surface area contributed by atoms with E-state index in [0.29, 0.717) is 0 Å². The molecule has 1 aliphatic heterocycles. The van der Waals surface area contributed by atoms with Gasteiger partial charge in [-0.2, -0.15) is 11.8 Å². The Morgan fingerprint density at radius 3 is 2.81 bits per heavy atom. The Balaban J connectivity index is 2.05. The van der Waals surface area contributed by atoms with Gasteiger partial charge in [-0.25, -0.2) is 0 Å². The molecule has 0 spiro atoms. The average Bonchev–Trinajstić information content (AvgIpc) is 3.01. The summed E-state index contributed by atoms with van der Waals surface area (Å²) in [7, 11) is 0. The quantitative estimate of drug-likeness (QED) is 0.738. The molecule has 2 rings (SSSR count). The van der Waals surface area contributed by atoms with E-state index in [0.717, 1.165) is 25.8 Å². The van der Waals surface area contributed by atoms with Gasteiger partial charge < -0.3 is 4.90 Å². The van der Waals surface area contributed by atoms with Crippen LogP contribution in [0.15, 0.2) is 12.1 Å². The number of thiophene rings is 1. The van der Waals surface area contributed by atoms with Gasteiger partial charge in [0.1, 0.15) is 6.17 Å². The number of nitrogens with zero attached hydrogens (tertiary/aromatic N) is 1. The van der Waals surface area contributed by atoms with Crippen LogP contribution in [0.1, 0.15) is 48.5 Å². The van der Waals surface area contributed by atoms with E-state index in [1.807, 2.05) is 11.8 Å². The van der Waals surface area contributed by atoms with E-state index in [-0.39, 0.29) is 18.1 Å². The Morgan fingerprint density at radius 2 is 2.19 bits per heavy atom. The minimum Gasteiger partial charge on any atom is -0.321 e. The Bertz CT molecular complexity index is 461. The first-order valence-electron chi connectivity index (χ1n) is 7.79. The molecular weight excluding hydrogens is 300 g/mol. The summed E-state index contributed by atoms with van der Waals surface area (Å²) in [6.45, 7) is 5.13. The van der Waals surface area contributed by atoms with Crippen LogP contribution in [0.3, 0.4) is 0 Å². The molecule has 1 fully saturated rings. The fraction of sp³-hybridized carbons (Fsp3) is 0.688. The van der Waals surface area contributed by atoms with E-state index in [2.05, 4.69) is 42.5 Å². The van der Waals surface area contributed by atoms with Crippen molar-refractivity contribution >= 4 is 29.0 Å². The zero-order chi connectivity index (χ0) is 15.2. The number of hydrogen-bond donors (Lipinski definition) is 1. The molecule has 1 aliphatic rings. The van der Waals surface area contributed by atoms with Crippen LogP contribution in [0, 0.1) is 6.92 Å². The fourth-order valence-corrected chi connectivity index (χ4v) is 4.22. The molecular formula is C16H26N2OS2. The molecule has 5 heteroatoms. The van der Waals surface area contributed by atoms with Crippen molar-refractivity contribution in [1.82, 2.24) is 10.2 Å². The summed E-state index contributed by atoms with van der Waals surface area (Å²) in [5, 5.41) is 3.54. The molecule has 118 valence electrons. The SMILES string of the molecule is CCCC1NC(c2ccc(C)s2)N(CCCCSC)C1=O. The smallest absolute Gasteiger partial charge is 0.241 e. The molecule has 2 unspecified atom stereocenters. The lowest BCUT2D eigenvalue weighted by Crippen LogP contribution is -2.31. The fourth-order valence-electron chi connectivity index (χ4n) is 2.78. The van der Waals surface area contributed by atoms with Crippen molar-refractivity contribution in [3.63, 3.8) is 0 Å². The maximum atomic E-state index is 12.6. The lowest BCUT2D eigenvalue weighted by atomic mass is 10.1. The molecule has 1 aromatic rings. The monoisotopic (exact) mass is 326 g/mol. The third kappa shape index (κ3) is 4.24. The predicted molar refractivity (Wildman–Crippen MR) is 93.0 cm³/mol. The van der Waals surface area contributed by atoms with Gasteiger partial charge in [0.2, 0.25) is 5.91 Å². The summed E-state index contributed by atoms with van der Waals surface area (Å²) in [4.78, 5) is 17.2. The largest absolute Gasteiger partial charge is 0.321 e. The summed E-state index contributed by atoms with van der Waals surface area (Å²) < 4.78 is 0. The van der Waals surface area contributed by atoms with E-state index >= 15 is 0 Å². The highest BCUT2D eigenvalue weighted by Crippen LogP contribution is 2.31. The zero-order valence-electron chi connectivity index (χ0n) is 13.2. The number of aryl methyl sites for hydroxylation is 1. The lowest BCUT2D eigenvalue weighted by molar-refractivity contribution is -0.130. The van der Waals surface area contributed by atoms with Gasteiger partial charge in [0.05, 0.1) is 6.04 Å². The lowest BCUT2D eigenvalue weighted by Gasteiger charge is -2.23. The Kier molecular flexibility index (Phi) is 6.58. The van der Waals surface area contributed by atoms with Crippen molar-refractivity contribution in [2.75, 3.05) is 18.6 Å². The van der Waals surface area contributed by atoms with Crippen molar-refractivity contribution in [3.8, 4) is 0 Å². The topological polar surface area (TPSA) is 32.3 Å². The summed E-state index contributed by atoms with van der Waals surface area (Å²) >= 11 is 3.67. The van der Waals surface area contributed by atoms with Crippen molar-refractivity contribution < 1.29 is 4.79 Å². The molecule has 21 heavy (non-hydrogen) atoms. The number of carbonyl (C=O) groups is 1. The van der Waals surface area contributed by atoms with Gasteiger partial charge in [-0.3, -0.25) is 10.1 Å². The Labute approximate surface area is 136 Å². The van der Waals surface area contributed by atoms with Gasteiger partial charge in [0.25, 0.3) is 0 Å². The predicted octanol–water partition coefficient (Wildman–Crippen LogP) is 3.80. The summed E-state index contributed by atoms with van der Waals surface area (Å²) in [5.41, 5.74) is 0. The molecule has 1 aromatic heterocycles. The van der Waals surface area contributed by atoms with Crippen molar-refractivity contribution in [3.05, 3.63) is 21.9 Å². The Morgan fingerprint density at radius 1 is 1.38 bits per heavy atom. The number of rotatable bonds is 8. The maximum Gasteiger partial charge on any atom is 0.241 e. The second kappa shape index (κ2) is 8.20. The summed E-state index contributed by atoms with van der Waals surface area (Å²) in [6, 6.07) is 4.31. The molecule has 0 aromatic carbocycles. The first-order chi connectivity index (χ1) is 10.2. The van der Waals surface area contributed by atoms with Crippen LogP contribution >= 0.6 is 23.1 Å². The number of carbonyl (C=O) groups excluding carboxylic acids is 1. The molecule has 1 N–H and O–H groups in total. The third-order valence-corrected chi connectivity index (χ3v) is 5.61.